The summed E-state index contributed by atoms with van der Waals surface area (Å²) in [5.41, 5.74) is 0. The van der Waals surface area contributed by atoms with Crippen molar-refractivity contribution in [3.8, 4) is 0 Å². The van der Waals surface area contributed by atoms with Crippen molar-refractivity contribution in [1.82, 2.24) is 14.8 Å². The number of aryl methyl sites for hydroxylation is 1. The van der Waals surface area contributed by atoms with E-state index in [1.165, 1.54) is 31.0 Å². The van der Waals surface area contributed by atoms with E-state index in [-0.39, 0.29) is 5.75 Å². The van der Waals surface area contributed by atoms with E-state index in [0.29, 0.717) is 6.04 Å². The van der Waals surface area contributed by atoms with Crippen LogP contribution in [0.5, 0.6) is 0 Å². The van der Waals surface area contributed by atoms with Gasteiger partial charge in [0.2, 0.25) is 0 Å². The van der Waals surface area contributed by atoms with Crippen LogP contribution in [0.2, 0.25) is 0 Å². The third kappa shape index (κ3) is 3.49. The van der Waals surface area contributed by atoms with Crippen LogP contribution in [-0.2, 0) is 4.79 Å². The normalized spacial score (nSPS) is 23.5. The summed E-state index contributed by atoms with van der Waals surface area (Å²) in [6.45, 7) is 4.19. The minimum absolute atomic E-state index is 0.0437. The lowest BCUT2D eigenvalue weighted by Crippen LogP contribution is -2.20. The van der Waals surface area contributed by atoms with Crippen LogP contribution in [0.3, 0.4) is 0 Å². The molecular formula is C13H21N3O2S. The predicted octanol–water partition coefficient (Wildman–Crippen LogP) is 2.90. The first kappa shape index (κ1) is 14.4. The molecule has 5 nitrogen and oxygen atoms in total. The number of hydrogen-bond acceptors (Lipinski definition) is 4. The topological polar surface area (TPSA) is 68.0 Å². The minimum atomic E-state index is -0.813. The van der Waals surface area contributed by atoms with Crippen LogP contribution in [0.1, 0.15) is 50.9 Å². The Morgan fingerprint density at radius 2 is 2.26 bits per heavy atom. The van der Waals surface area contributed by atoms with Gasteiger partial charge in [-0.15, -0.1) is 10.2 Å². The Labute approximate surface area is 117 Å². The summed E-state index contributed by atoms with van der Waals surface area (Å²) in [4.78, 5) is 10.7. The molecule has 0 saturated heterocycles. The highest BCUT2D eigenvalue weighted by Gasteiger charge is 2.25. The molecule has 1 N–H and O–H groups in total. The zero-order chi connectivity index (χ0) is 13.8. The van der Waals surface area contributed by atoms with Crippen molar-refractivity contribution >= 4 is 17.7 Å². The summed E-state index contributed by atoms with van der Waals surface area (Å²) in [5.74, 6) is 0.905. The molecule has 0 aliphatic heterocycles. The highest BCUT2D eigenvalue weighted by Crippen LogP contribution is 2.36. The number of aliphatic carboxylic acids is 1. The lowest BCUT2D eigenvalue weighted by Gasteiger charge is -2.30. The summed E-state index contributed by atoms with van der Waals surface area (Å²) >= 11 is 1.27. The Bertz CT molecular complexity index is 447. The summed E-state index contributed by atoms with van der Waals surface area (Å²) in [7, 11) is 0. The van der Waals surface area contributed by atoms with E-state index in [1.807, 2.05) is 6.92 Å². The van der Waals surface area contributed by atoms with Gasteiger partial charge in [0.1, 0.15) is 5.82 Å². The van der Waals surface area contributed by atoms with Crippen LogP contribution in [0.4, 0.5) is 0 Å². The van der Waals surface area contributed by atoms with Gasteiger partial charge in [0.15, 0.2) is 5.16 Å². The molecule has 106 valence electrons. The van der Waals surface area contributed by atoms with E-state index < -0.39 is 5.97 Å². The van der Waals surface area contributed by atoms with E-state index in [1.54, 1.807) is 0 Å². The van der Waals surface area contributed by atoms with Crippen LogP contribution in [0.25, 0.3) is 0 Å². The molecule has 19 heavy (non-hydrogen) atoms. The van der Waals surface area contributed by atoms with Crippen LogP contribution >= 0.6 is 11.8 Å². The van der Waals surface area contributed by atoms with Gasteiger partial charge in [-0.25, -0.2) is 0 Å². The molecular weight excluding hydrogens is 262 g/mol. The maximum atomic E-state index is 10.7. The molecule has 0 spiro atoms. The maximum absolute atomic E-state index is 10.7. The first-order valence-electron chi connectivity index (χ1n) is 6.88. The van der Waals surface area contributed by atoms with Gasteiger partial charge >= 0.3 is 5.97 Å². The van der Waals surface area contributed by atoms with Crippen molar-refractivity contribution < 1.29 is 9.90 Å². The highest BCUT2D eigenvalue weighted by atomic mass is 32.2. The fourth-order valence-corrected chi connectivity index (χ4v) is 3.63. The molecule has 2 unspecified atom stereocenters. The first-order chi connectivity index (χ1) is 9.11. The molecule has 1 aromatic rings. The Kier molecular flexibility index (Phi) is 4.85. The molecule has 2 atom stereocenters. The van der Waals surface area contributed by atoms with Crippen molar-refractivity contribution in [3.05, 3.63) is 5.82 Å². The largest absolute Gasteiger partial charge is 0.481 e. The molecule has 1 saturated carbocycles. The standard InChI is InChI=1S/C13H21N3O2S/c1-3-10-5-4-6-11(7-10)16-9(2)14-15-13(16)19-8-12(17)18/h10-11H,3-8H2,1-2H3,(H,17,18). The van der Waals surface area contributed by atoms with Gasteiger partial charge in [-0.05, 0) is 25.7 Å². The smallest absolute Gasteiger partial charge is 0.313 e. The van der Waals surface area contributed by atoms with E-state index in [0.717, 1.165) is 29.7 Å². The van der Waals surface area contributed by atoms with Crippen molar-refractivity contribution in [2.75, 3.05) is 5.75 Å². The Morgan fingerprint density at radius 3 is 2.95 bits per heavy atom. The van der Waals surface area contributed by atoms with Crippen molar-refractivity contribution in [3.63, 3.8) is 0 Å². The fraction of sp³-hybridized carbons (Fsp3) is 0.769. The number of rotatable bonds is 5. The highest BCUT2D eigenvalue weighted by molar-refractivity contribution is 7.99. The Balaban J connectivity index is 2.13. The zero-order valence-corrected chi connectivity index (χ0v) is 12.3. The predicted molar refractivity (Wildman–Crippen MR) is 74.4 cm³/mol. The monoisotopic (exact) mass is 283 g/mol. The van der Waals surface area contributed by atoms with Gasteiger partial charge in [0, 0.05) is 6.04 Å². The number of nitrogens with zero attached hydrogens (tertiary/aromatic N) is 3. The van der Waals surface area contributed by atoms with Crippen LogP contribution in [0.15, 0.2) is 5.16 Å². The molecule has 1 aliphatic carbocycles. The van der Waals surface area contributed by atoms with Gasteiger partial charge in [-0.3, -0.25) is 4.79 Å². The molecule has 6 heteroatoms. The Morgan fingerprint density at radius 1 is 1.47 bits per heavy atom. The molecule has 0 amide bonds. The second kappa shape index (κ2) is 6.41. The molecule has 0 aromatic carbocycles. The van der Waals surface area contributed by atoms with Crippen molar-refractivity contribution in [2.45, 2.75) is 57.1 Å². The average Bonchev–Trinajstić information content (AvgIpc) is 2.77. The number of carboxylic acid groups (broad SMARTS) is 1. The zero-order valence-electron chi connectivity index (χ0n) is 11.5. The van der Waals surface area contributed by atoms with E-state index in [2.05, 4.69) is 21.7 Å². The van der Waals surface area contributed by atoms with Crippen molar-refractivity contribution in [2.24, 2.45) is 5.92 Å². The van der Waals surface area contributed by atoms with Crippen LogP contribution in [-0.4, -0.2) is 31.6 Å². The van der Waals surface area contributed by atoms with Gasteiger partial charge in [-0.1, -0.05) is 37.9 Å². The van der Waals surface area contributed by atoms with Gasteiger partial charge in [0.25, 0.3) is 0 Å². The average molecular weight is 283 g/mol. The van der Waals surface area contributed by atoms with E-state index in [9.17, 15) is 4.79 Å². The molecule has 1 fully saturated rings. The summed E-state index contributed by atoms with van der Waals surface area (Å²) in [6.07, 6.45) is 6.08. The maximum Gasteiger partial charge on any atom is 0.313 e. The van der Waals surface area contributed by atoms with Gasteiger partial charge in [0.05, 0.1) is 5.75 Å². The number of carbonyl (C=O) groups is 1. The molecule has 0 bridgehead atoms. The molecule has 1 aliphatic rings. The number of carboxylic acids is 1. The molecule has 0 radical (unpaired) electrons. The molecule has 1 aromatic heterocycles. The Hall–Kier alpha value is -1.04. The summed E-state index contributed by atoms with van der Waals surface area (Å²) in [5, 5.41) is 17.8. The quantitative estimate of drug-likeness (QED) is 0.841. The van der Waals surface area contributed by atoms with E-state index >= 15 is 0 Å². The van der Waals surface area contributed by atoms with Gasteiger partial charge < -0.3 is 9.67 Å². The number of thioether (sulfide) groups is 1. The third-order valence-corrected chi connectivity index (χ3v) is 4.79. The fourth-order valence-electron chi connectivity index (χ4n) is 2.86. The van der Waals surface area contributed by atoms with Crippen LogP contribution < -0.4 is 0 Å². The third-order valence-electron chi connectivity index (χ3n) is 3.86. The lowest BCUT2D eigenvalue weighted by atomic mass is 9.84. The SMILES string of the molecule is CCC1CCCC(n2c(C)nnc2SCC(=O)O)C1. The molecule has 2 rings (SSSR count). The second-order valence-electron chi connectivity index (χ2n) is 5.18. The number of aromatic nitrogens is 3. The summed E-state index contributed by atoms with van der Waals surface area (Å²) < 4.78 is 2.15. The second-order valence-corrected chi connectivity index (χ2v) is 6.12. The minimum Gasteiger partial charge on any atom is -0.481 e. The van der Waals surface area contributed by atoms with E-state index in [4.69, 9.17) is 5.11 Å². The lowest BCUT2D eigenvalue weighted by molar-refractivity contribution is -0.133. The van der Waals surface area contributed by atoms with Crippen molar-refractivity contribution in [1.29, 1.82) is 0 Å². The first-order valence-corrected chi connectivity index (χ1v) is 7.86. The summed E-state index contributed by atoms with van der Waals surface area (Å²) in [6, 6.07) is 0.435. The van der Waals surface area contributed by atoms with Crippen LogP contribution in [0, 0.1) is 12.8 Å². The number of hydrogen-bond donors (Lipinski definition) is 1. The van der Waals surface area contributed by atoms with Gasteiger partial charge in [-0.2, -0.15) is 0 Å². The molecule has 1 heterocycles.